The molecular weight excluding hydrogens is 316 g/mol. The zero-order valence-corrected chi connectivity index (χ0v) is 14.3. The first-order chi connectivity index (χ1) is 12.1. The molecule has 3 rings (SSSR count). The van der Waals surface area contributed by atoms with Crippen molar-refractivity contribution in [1.29, 1.82) is 0 Å². The third kappa shape index (κ3) is 4.38. The molecule has 5 heteroatoms. The van der Waals surface area contributed by atoms with Crippen LogP contribution in [0.2, 0.25) is 0 Å². The van der Waals surface area contributed by atoms with Gasteiger partial charge in [-0.1, -0.05) is 25.1 Å². The topological polar surface area (TPSA) is 62.6 Å². The van der Waals surface area contributed by atoms with Gasteiger partial charge in [-0.15, -0.1) is 0 Å². The van der Waals surface area contributed by atoms with Crippen LogP contribution in [0.25, 0.3) is 6.08 Å². The van der Waals surface area contributed by atoms with Crippen LogP contribution in [0.3, 0.4) is 0 Å². The van der Waals surface area contributed by atoms with Crippen molar-refractivity contribution in [2.75, 3.05) is 13.1 Å². The third-order valence-corrected chi connectivity index (χ3v) is 4.29. The van der Waals surface area contributed by atoms with Crippen molar-refractivity contribution in [3.63, 3.8) is 0 Å². The number of hydrogen-bond acceptors (Lipinski definition) is 3. The monoisotopic (exact) mass is 338 g/mol. The first-order valence-corrected chi connectivity index (χ1v) is 8.54. The van der Waals surface area contributed by atoms with Crippen LogP contribution in [0.5, 0.6) is 0 Å². The smallest absolute Gasteiger partial charge is 0.270 e. The van der Waals surface area contributed by atoms with E-state index in [1.54, 1.807) is 47.4 Å². The zero-order chi connectivity index (χ0) is 17.6. The molecule has 25 heavy (non-hydrogen) atoms. The lowest BCUT2D eigenvalue weighted by molar-refractivity contribution is -0.129. The number of nitrogens with zero attached hydrogens (tertiary/aromatic N) is 1. The molecule has 2 aromatic rings. The average Bonchev–Trinajstić information content (AvgIpc) is 3.14. The van der Waals surface area contributed by atoms with Crippen molar-refractivity contribution in [2.24, 2.45) is 5.92 Å². The van der Waals surface area contributed by atoms with Gasteiger partial charge in [0, 0.05) is 24.7 Å². The fraction of sp³-hybridized carbons (Fsp3) is 0.300. The van der Waals surface area contributed by atoms with Crippen molar-refractivity contribution < 1.29 is 14.0 Å². The number of amides is 2. The molecule has 0 bridgehead atoms. The number of rotatable bonds is 4. The van der Waals surface area contributed by atoms with E-state index >= 15 is 0 Å². The molecule has 0 aliphatic carbocycles. The van der Waals surface area contributed by atoms with Gasteiger partial charge in [0.2, 0.25) is 0 Å². The summed E-state index contributed by atoms with van der Waals surface area (Å²) >= 11 is 0. The normalized spacial score (nSPS) is 18.0. The van der Waals surface area contributed by atoms with E-state index in [4.69, 9.17) is 4.42 Å². The number of likely N-dealkylation sites (tertiary alicyclic amines) is 1. The fourth-order valence-electron chi connectivity index (χ4n) is 3.00. The molecule has 1 aliphatic heterocycles. The van der Waals surface area contributed by atoms with Gasteiger partial charge in [-0.25, -0.2) is 0 Å². The van der Waals surface area contributed by atoms with Crippen LogP contribution in [0, 0.1) is 5.92 Å². The Hall–Kier alpha value is -2.82. The first-order valence-electron chi connectivity index (χ1n) is 8.54. The van der Waals surface area contributed by atoms with E-state index in [1.807, 2.05) is 6.07 Å². The summed E-state index contributed by atoms with van der Waals surface area (Å²) in [5.74, 6) is 0.512. The van der Waals surface area contributed by atoms with E-state index in [0.717, 1.165) is 12.8 Å². The first kappa shape index (κ1) is 17.0. The predicted molar refractivity (Wildman–Crippen MR) is 95.6 cm³/mol. The van der Waals surface area contributed by atoms with Gasteiger partial charge in [0.25, 0.3) is 11.8 Å². The van der Waals surface area contributed by atoms with Crippen LogP contribution in [0.4, 0.5) is 0 Å². The summed E-state index contributed by atoms with van der Waals surface area (Å²) in [4.78, 5) is 27.2. The minimum absolute atomic E-state index is 0.174. The number of piperidine rings is 1. The van der Waals surface area contributed by atoms with E-state index in [0.29, 0.717) is 30.3 Å². The average molecular weight is 338 g/mol. The molecule has 1 saturated heterocycles. The van der Waals surface area contributed by atoms with Gasteiger partial charge >= 0.3 is 0 Å². The molecule has 0 radical (unpaired) electrons. The Morgan fingerprint density at radius 1 is 1.20 bits per heavy atom. The quantitative estimate of drug-likeness (QED) is 0.870. The largest absolute Gasteiger partial charge is 0.465 e. The Morgan fingerprint density at radius 3 is 2.68 bits per heavy atom. The van der Waals surface area contributed by atoms with E-state index in [2.05, 4.69) is 12.2 Å². The van der Waals surface area contributed by atoms with E-state index in [-0.39, 0.29) is 17.5 Å². The standard InChI is InChI=1S/C20H22N2O3/c1-15-7-5-11-22(14-15)20(24)18(13-17-10-6-12-25-17)21-19(23)16-8-3-2-4-9-16/h2-4,6,8-10,12-13,15H,5,7,11,14H2,1H3,(H,21,23)/b18-13+. The molecule has 0 spiro atoms. The highest BCUT2D eigenvalue weighted by atomic mass is 16.3. The van der Waals surface area contributed by atoms with Gasteiger partial charge in [-0.3, -0.25) is 9.59 Å². The maximum atomic E-state index is 12.9. The fourth-order valence-corrected chi connectivity index (χ4v) is 3.00. The van der Waals surface area contributed by atoms with Gasteiger partial charge in [0.15, 0.2) is 0 Å². The van der Waals surface area contributed by atoms with Crippen molar-refractivity contribution in [3.05, 3.63) is 65.7 Å². The Bertz CT molecular complexity index is 751. The van der Waals surface area contributed by atoms with E-state index < -0.39 is 0 Å². The molecule has 5 nitrogen and oxygen atoms in total. The van der Waals surface area contributed by atoms with Crippen molar-refractivity contribution >= 4 is 17.9 Å². The predicted octanol–water partition coefficient (Wildman–Crippen LogP) is 3.31. The van der Waals surface area contributed by atoms with Gasteiger partial charge in [-0.05, 0) is 43.0 Å². The summed E-state index contributed by atoms with van der Waals surface area (Å²) in [6, 6.07) is 12.4. The number of furan rings is 1. The Labute approximate surface area is 147 Å². The van der Waals surface area contributed by atoms with Crippen molar-refractivity contribution in [2.45, 2.75) is 19.8 Å². The summed E-state index contributed by atoms with van der Waals surface area (Å²) < 4.78 is 5.31. The molecule has 1 aromatic heterocycles. The SMILES string of the molecule is CC1CCCN(C(=O)/C(=C\c2ccco2)NC(=O)c2ccccc2)C1. The summed E-state index contributed by atoms with van der Waals surface area (Å²) in [6.07, 6.45) is 5.23. The Balaban J connectivity index is 1.82. The summed E-state index contributed by atoms with van der Waals surface area (Å²) in [7, 11) is 0. The number of nitrogens with one attached hydrogen (secondary N) is 1. The van der Waals surface area contributed by atoms with Crippen LogP contribution < -0.4 is 5.32 Å². The minimum Gasteiger partial charge on any atom is -0.465 e. The molecule has 1 N–H and O–H groups in total. The van der Waals surface area contributed by atoms with Crippen LogP contribution in [-0.2, 0) is 4.79 Å². The second-order valence-electron chi connectivity index (χ2n) is 6.39. The summed E-state index contributed by atoms with van der Waals surface area (Å²) in [6.45, 7) is 3.55. The maximum absolute atomic E-state index is 12.9. The van der Waals surface area contributed by atoms with Crippen molar-refractivity contribution in [3.8, 4) is 0 Å². The van der Waals surface area contributed by atoms with Crippen molar-refractivity contribution in [1.82, 2.24) is 10.2 Å². The number of carbonyl (C=O) groups excluding carboxylic acids is 2. The molecule has 2 heterocycles. The van der Waals surface area contributed by atoms with Gasteiger partial charge in [0.1, 0.15) is 11.5 Å². The number of carbonyl (C=O) groups is 2. The highest BCUT2D eigenvalue weighted by molar-refractivity contribution is 6.05. The molecule has 1 unspecified atom stereocenters. The lowest BCUT2D eigenvalue weighted by Gasteiger charge is -2.31. The van der Waals surface area contributed by atoms with Crippen LogP contribution in [0.1, 0.15) is 35.9 Å². The van der Waals surface area contributed by atoms with E-state index in [1.165, 1.54) is 6.26 Å². The second-order valence-corrected chi connectivity index (χ2v) is 6.39. The molecule has 2 amide bonds. The van der Waals surface area contributed by atoms with Gasteiger partial charge < -0.3 is 14.6 Å². The van der Waals surface area contributed by atoms with Crippen LogP contribution >= 0.6 is 0 Å². The Kier molecular flexibility index (Phi) is 5.33. The van der Waals surface area contributed by atoms with E-state index in [9.17, 15) is 9.59 Å². The molecular formula is C20H22N2O3. The molecule has 0 saturated carbocycles. The highest BCUT2D eigenvalue weighted by Gasteiger charge is 2.25. The zero-order valence-electron chi connectivity index (χ0n) is 14.3. The second kappa shape index (κ2) is 7.83. The number of hydrogen-bond donors (Lipinski definition) is 1. The minimum atomic E-state index is -0.309. The number of benzene rings is 1. The van der Waals surface area contributed by atoms with Gasteiger partial charge in [-0.2, -0.15) is 0 Å². The third-order valence-electron chi connectivity index (χ3n) is 4.29. The summed E-state index contributed by atoms with van der Waals surface area (Å²) in [5, 5.41) is 2.75. The molecule has 1 fully saturated rings. The molecule has 1 aromatic carbocycles. The van der Waals surface area contributed by atoms with Crippen LogP contribution in [0.15, 0.2) is 58.8 Å². The summed E-state index contributed by atoms with van der Waals surface area (Å²) in [5.41, 5.74) is 0.741. The van der Waals surface area contributed by atoms with Gasteiger partial charge in [0.05, 0.1) is 6.26 Å². The van der Waals surface area contributed by atoms with Crippen LogP contribution in [-0.4, -0.2) is 29.8 Å². The molecule has 130 valence electrons. The Morgan fingerprint density at radius 2 is 2.00 bits per heavy atom. The molecule has 1 aliphatic rings. The highest BCUT2D eigenvalue weighted by Crippen LogP contribution is 2.18. The molecule has 1 atom stereocenters. The maximum Gasteiger partial charge on any atom is 0.270 e. The lowest BCUT2D eigenvalue weighted by Crippen LogP contribution is -2.43. The lowest BCUT2D eigenvalue weighted by atomic mass is 10.00.